The number of hydrogen-bond donors (Lipinski definition) is 0. The first-order valence-corrected chi connectivity index (χ1v) is 11.5. The predicted molar refractivity (Wildman–Crippen MR) is 120 cm³/mol. The summed E-state index contributed by atoms with van der Waals surface area (Å²) in [6.45, 7) is 5.64. The summed E-state index contributed by atoms with van der Waals surface area (Å²) in [6.07, 6.45) is 1.23. The summed E-state index contributed by atoms with van der Waals surface area (Å²) in [7, 11) is 0. The fraction of sp³-hybridized carbons (Fsp3) is 0.304. The Labute approximate surface area is 183 Å². The molecule has 3 heterocycles. The number of halogens is 1. The highest BCUT2D eigenvalue weighted by Crippen LogP contribution is 2.33. The third-order valence-electron chi connectivity index (χ3n) is 5.20. The van der Waals surface area contributed by atoms with Crippen molar-refractivity contribution in [2.45, 2.75) is 33.2 Å². The van der Waals surface area contributed by atoms with Crippen molar-refractivity contribution in [2.24, 2.45) is 0 Å². The number of carbonyl (C=O) groups is 2. The number of anilines is 1. The van der Waals surface area contributed by atoms with Gasteiger partial charge in [-0.15, -0.1) is 22.7 Å². The summed E-state index contributed by atoms with van der Waals surface area (Å²) in [5, 5.41) is 0.814. The Kier molecular flexibility index (Phi) is 6.01. The smallest absolute Gasteiger partial charge is 0.318 e. The van der Waals surface area contributed by atoms with Gasteiger partial charge in [0, 0.05) is 35.8 Å². The number of aryl methyl sites for hydroxylation is 3. The SMILES string of the molecule is Cc1ccc(CCC(=O)c2sc(N3CCN(Cc4ccc(F)cc4)C3=O)cc2C)s1. The maximum absolute atomic E-state index is 13.1. The minimum atomic E-state index is -0.284. The van der Waals surface area contributed by atoms with Gasteiger partial charge in [-0.2, -0.15) is 0 Å². The maximum atomic E-state index is 13.1. The summed E-state index contributed by atoms with van der Waals surface area (Å²) in [5.74, 6) is -0.154. The molecule has 1 aromatic carbocycles. The molecule has 4 nitrogen and oxygen atoms in total. The van der Waals surface area contributed by atoms with Gasteiger partial charge in [-0.25, -0.2) is 9.18 Å². The number of carbonyl (C=O) groups excluding carboxylic acids is 2. The standard InChI is InChI=1S/C23H23FN2O2S2/c1-15-13-21(30-22(15)20(27)10-9-19-8-3-16(2)29-19)26-12-11-25(23(26)28)14-17-4-6-18(24)7-5-17/h3-8,13H,9-12,14H2,1-2H3. The zero-order chi connectivity index (χ0) is 21.3. The lowest BCUT2D eigenvalue weighted by molar-refractivity contribution is 0.0986. The van der Waals surface area contributed by atoms with Gasteiger partial charge >= 0.3 is 6.03 Å². The third-order valence-corrected chi connectivity index (χ3v) is 7.56. The molecule has 3 aromatic rings. The number of Topliss-reactive ketones (excluding diaryl/α,β-unsaturated/α-hetero) is 1. The topological polar surface area (TPSA) is 40.6 Å². The summed E-state index contributed by atoms with van der Waals surface area (Å²) >= 11 is 3.13. The molecular weight excluding hydrogens is 419 g/mol. The molecule has 2 amide bonds. The van der Waals surface area contributed by atoms with Crippen LogP contribution in [0.3, 0.4) is 0 Å². The number of hydrogen-bond acceptors (Lipinski definition) is 4. The Hall–Kier alpha value is -2.51. The molecule has 0 spiro atoms. The molecule has 0 atom stereocenters. The summed E-state index contributed by atoms with van der Waals surface area (Å²) in [5.41, 5.74) is 1.82. The van der Waals surface area contributed by atoms with E-state index >= 15 is 0 Å². The van der Waals surface area contributed by atoms with Gasteiger partial charge in [0.05, 0.1) is 9.88 Å². The Balaban J connectivity index is 1.41. The highest BCUT2D eigenvalue weighted by atomic mass is 32.1. The minimum absolute atomic E-state index is 0.0753. The lowest BCUT2D eigenvalue weighted by Gasteiger charge is -2.17. The van der Waals surface area contributed by atoms with Crippen LogP contribution in [0.2, 0.25) is 0 Å². The Morgan fingerprint density at radius 1 is 1.07 bits per heavy atom. The number of rotatable bonds is 7. The molecule has 156 valence electrons. The predicted octanol–water partition coefficient (Wildman–Crippen LogP) is 5.82. The second-order valence-electron chi connectivity index (χ2n) is 7.51. The van der Waals surface area contributed by atoms with Gasteiger partial charge in [0.1, 0.15) is 5.82 Å². The van der Waals surface area contributed by atoms with Gasteiger partial charge in [0.15, 0.2) is 5.78 Å². The molecular formula is C23H23FN2O2S2. The van der Waals surface area contributed by atoms with Crippen molar-refractivity contribution >= 4 is 39.5 Å². The van der Waals surface area contributed by atoms with Crippen molar-refractivity contribution in [3.8, 4) is 0 Å². The molecule has 0 aliphatic carbocycles. The lowest BCUT2D eigenvalue weighted by Crippen LogP contribution is -2.30. The normalized spacial score (nSPS) is 14.0. The molecule has 30 heavy (non-hydrogen) atoms. The number of nitrogens with zero attached hydrogens (tertiary/aromatic N) is 2. The van der Waals surface area contributed by atoms with Crippen molar-refractivity contribution in [3.05, 3.63) is 74.0 Å². The second kappa shape index (κ2) is 8.70. The molecule has 0 saturated carbocycles. The van der Waals surface area contributed by atoms with E-state index in [1.165, 1.54) is 33.2 Å². The minimum Gasteiger partial charge on any atom is -0.318 e. The van der Waals surface area contributed by atoms with Gasteiger partial charge < -0.3 is 4.90 Å². The van der Waals surface area contributed by atoms with E-state index < -0.39 is 0 Å². The third kappa shape index (κ3) is 4.47. The first kappa shape index (κ1) is 20.8. The van der Waals surface area contributed by atoms with E-state index in [2.05, 4.69) is 19.1 Å². The molecule has 7 heteroatoms. The van der Waals surface area contributed by atoms with Crippen LogP contribution >= 0.6 is 22.7 Å². The first-order valence-electron chi connectivity index (χ1n) is 9.90. The van der Waals surface area contributed by atoms with E-state index in [-0.39, 0.29) is 17.6 Å². The number of ketones is 1. The molecule has 1 aliphatic heterocycles. The van der Waals surface area contributed by atoms with Crippen molar-refractivity contribution in [1.29, 1.82) is 0 Å². The first-order chi connectivity index (χ1) is 14.4. The van der Waals surface area contributed by atoms with Crippen molar-refractivity contribution in [3.63, 3.8) is 0 Å². The van der Waals surface area contributed by atoms with Gasteiger partial charge in [-0.05, 0) is 61.7 Å². The van der Waals surface area contributed by atoms with Crippen molar-refractivity contribution in [2.75, 3.05) is 18.0 Å². The van der Waals surface area contributed by atoms with Gasteiger partial charge in [-0.1, -0.05) is 12.1 Å². The molecule has 1 saturated heterocycles. The molecule has 0 radical (unpaired) electrons. The van der Waals surface area contributed by atoms with Crippen LogP contribution in [0.1, 0.15) is 37.0 Å². The van der Waals surface area contributed by atoms with Crippen LogP contribution in [0, 0.1) is 19.7 Å². The van der Waals surface area contributed by atoms with Crippen molar-refractivity contribution < 1.29 is 14.0 Å². The lowest BCUT2D eigenvalue weighted by atomic mass is 10.1. The summed E-state index contributed by atoms with van der Waals surface area (Å²) in [6, 6.07) is 12.2. The number of amides is 2. The molecule has 0 bridgehead atoms. The van der Waals surface area contributed by atoms with Gasteiger partial charge in [0.25, 0.3) is 0 Å². The second-order valence-corrected chi connectivity index (χ2v) is 9.92. The highest BCUT2D eigenvalue weighted by Gasteiger charge is 2.31. The number of urea groups is 1. The van der Waals surface area contributed by atoms with Crippen LogP contribution in [0.15, 0.2) is 42.5 Å². The zero-order valence-corrected chi connectivity index (χ0v) is 18.6. The largest absolute Gasteiger partial charge is 0.325 e. The molecule has 0 unspecified atom stereocenters. The number of thiophene rings is 2. The highest BCUT2D eigenvalue weighted by molar-refractivity contribution is 7.18. The zero-order valence-electron chi connectivity index (χ0n) is 17.0. The molecule has 2 aromatic heterocycles. The molecule has 1 aliphatic rings. The van der Waals surface area contributed by atoms with E-state index in [1.807, 2.05) is 13.0 Å². The number of benzene rings is 1. The monoisotopic (exact) mass is 442 g/mol. The summed E-state index contributed by atoms with van der Waals surface area (Å²) in [4.78, 5) is 32.3. The fourth-order valence-electron chi connectivity index (χ4n) is 3.59. The fourth-order valence-corrected chi connectivity index (χ4v) is 5.64. The maximum Gasteiger partial charge on any atom is 0.325 e. The van der Waals surface area contributed by atoms with E-state index in [0.29, 0.717) is 26.1 Å². The van der Waals surface area contributed by atoms with Crippen LogP contribution in [0.4, 0.5) is 14.2 Å². The van der Waals surface area contributed by atoms with Gasteiger partial charge in [-0.3, -0.25) is 9.69 Å². The van der Waals surface area contributed by atoms with E-state index in [1.54, 1.807) is 33.3 Å². The van der Waals surface area contributed by atoms with E-state index in [0.717, 1.165) is 27.4 Å². The van der Waals surface area contributed by atoms with Crippen LogP contribution < -0.4 is 4.90 Å². The van der Waals surface area contributed by atoms with Crippen molar-refractivity contribution in [1.82, 2.24) is 4.90 Å². The van der Waals surface area contributed by atoms with Crippen LogP contribution in [-0.4, -0.2) is 29.8 Å². The van der Waals surface area contributed by atoms with Crippen LogP contribution in [-0.2, 0) is 13.0 Å². The quantitative estimate of drug-likeness (QED) is 0.432. The van der Waals surface area contributed by atoms with Gasteiger partial charge in [0.2, 0.25) is 0 Å². The Morgan fingerprint density at radius 3 is 2.53 bits per heavy atom. The average Bonchev–Trinajstić information content (AvgIpc) is 3.41. The molecule has 1 fully saturated rings. The van der Waals surface area contributed by atoms with Crippen LogP contribution in [0.5, 0.6) is 0 Å². The Morgan fingerprint density at radius 2 is 1.83 bits per heavy atom. The van der Waals surface area contributed by atoms with Crippen LogP contribution in [0.25, 0.3) is 0 Å². The Bertz CT molecular complexity index is 1070. The summed E-state index contributed by atoms with van der Waals surface area (Å²) < 4.78 is 13.1. The molecule has 4 rings (SSSR count). The molecule has 0 N–H and O–H groups in total. The van der Waals surface area contributed by atoms with E-state index in [4.69, 9.17) is 0 Å². The average molecular weight is 443 g/mol. The van der Waals surface area contributed by atoms with E-state index in [9.17, 15) is 14.0 Å².